The smallest absolute Gasteiger partial charge is 0.251 e. The Labute approximate surface area is 168 Å². The highest BCUT2D eigenvalue weighted by Crippen LogP contribution is 2.32. The number of carbonyl (C=O) groups is 3. The number of amides is 3. The van der Waals surface area contributed by atoms with E-state index in [-0.39, 0.29) is 24.1 Å². The van der Waals surface area contributed by atoms with Gasteiger partial charge in [-0.2, -0.15) is 0 Å². The van der Waals surface area contributed by atoms with Crippen LogP contribution in [0.4, 0.5) is 11.4 Å². The van der Waals surface area contributed by atoms with Crippen LogP contribution in [0.15, 0.2) is 66.7 Å². The molecule has 0 unspecified atom stereocenters. The molecule has 0 aliphatic carbocycles. The van der Waals surface area contributed by atoms with Crippen molar-refractivity contribution in [3.8, 4) is 0 Å². The van der Waals surface area contributed by atoms with Gasteiger partial charge in [0.25, 0.3) is 5.91 Å². The minimum absolute atomic E-state index is 0.0588. The Morgan fingerprint density at radius 2 is 1.69 bits per heavy atom. The summed E-state index contributed by atoms with van der Waals surface area (Å²) in [5, 5.41) is 7.46. The summed E-state index contributed by atoms with van der Waals surface area (Å²) in [5.41, 5.74) is 1.95. The molecule has 0 saturated carbocycles. The van der Waals surface area contributed by atoms with Crippen LogP contribution in [0.2, 0.25) is 0 Å². The van der Waals surface area contributed by atoms with Gasteiger partial charge in [-0.25, -0.2) is 0 Å². The molecule has 6 nitrogen and oxygen atoms in total. The maximum Gasteiger partial charge on any atom is 0.251 e. The molecule has 3 amide bonds. The lowest BCUT2D eigenvalue weighted by Gasteiger charge is -2.19. The molecule has 1 fully saturated rings. The molecule has 1 aliphatic rings. The van der Waals surface area contributed by atoms with Crippen LogP contribution < -0.4 is 15.5 Å². The number of fused-ring (bicyclic) bond motifs is 1. The Bertz CT molecular complexity index is 1090. The van der Waals surface area contributed by atoms with Gasteiger partial charge in [-0.05, 0) is 35.7 Å². The van der Waals surface area contributed by atoms with Crippen LogP contribution in [0.3, 0.4) is 0 Å². The van der Waals surface area contributed by atoms with E-state index in [0.717, 1.165) is 16.5 Å². The number of hydrogen-bond donors (Lipinski definition) is 2. The summed E-state index contributed by atoms with van der Waals surface area (Å²) in [7, 11) is 1.57. The summed E-state index contributed by atoms with van der Waals surface area (Å²) < 4.78 is 0. The monoisotopic (exact) mass is 387 g/mol. The van der Waals surface area contributed by atoms with E-state index < -0.39 is 5.92 Å². The first kappa shape index (κ1) is 18.7. The van der Waals surface area contributed by atoms with Crippen molar-refractivity contribution < 1.29 is 14.4 Å². The summed E-state index contributed by atoms with van der Waals surface area (Å²) >= 11 is 0. The summed E-state index contributed by atoms with van der Waals surface area (Å²) in [6.07, 6.45) is 0.172. The normalized spacial score (nSPS) is 16.1. The van der Waals surface area contributed by atoms with Crippen molar-refractivity contribution in [2.45, 2.75) is 6.42 Å². The van der Waals surface area contributed by atoms with Gasteiger partial charge in [0.15, 0.2) is 0 Å². The molecular formula is C23H21N3O3. The van der Waals surface area contributed by atoms with E-state index in [4.69, 9.17) is 0 Å². The number of nitrogens with zero attached hydrogens (tertiary/aromatic N) is 1. The van der Waals surface area contributed by atoms with Gasteiger partial charge >= 0.3 is 0 Å². The number of nitrogens with one attached hydrogen (secondary N) is 2. The second kappa shape index (κ2) is 7.75. The van der Waals surface area contributed by atoms with Crippen LogP contribution in [0, 0.1) is 5.92 Å². The van der Waals surface area contributed by atoms with Gasteiger partial charge in [-0.3, -0.25) is 14.4 Å². The molecular weight excluding hydrogens is 366 g/mol. The van der Waals surface area contributed by atoms with E-state index in [1.807, 2.05) is 42.5 Å². The largest absolute Gasteiger partial charge is 0.355 e. The molecule has 0 bridgehead atoms. The van der Waals surface area contributed by atoms with Crippen molar-refractivity contribution in [2.24, 2.45) is 5.92 Å². The fourth-order valence-corrected chi connectivity index (χ4v) is 3.65. The number of rotatable bonds is 4. The van der Waals surface area contributed by atoms with Crippen molar-refractivity contribution >= 4 is 39.9 Å². The lowest BCUT2D eigenvalue weighted by atomic mass is 10.1. The molecule has 1 atom stereocenters. The Balaban J connectivity index is 1.49. The van der Waals surface area contributed by atoms with Crippen molar-refractivity contribution in [3.05, 3.63) is 72.3 Å². The lowest BCUT2D eigenvalue weighted by Crippen LogP contribution is -2.28. The molecule has 6 heteroatoms. The molecule has 29 heavy (non-hydrogen) atoms. The Kier molecular flexibility index (Phi) is 4.99. The van der Waals surface area contributed by atoms with Crippen molar-refractivity contribution in [1.29, 1.82) is 0 Å². The van der Waals surface area contributed by atoms with E-state index in [1.54, 1.807) is 36.2 Å². The Morgan fingerprint density at radius 3 is 2.45 bits per heavy atom. The summed E-state index contributed by atoms with van der Waals surface area (Å²) in [6, 6.07) is 20.4. The van der Waals surface area contributed by atoms with E-state index in [9.17, 15) is 14.4 Å². The fourth-order valence-electron chi connectivity index (χ4n) is 3.65. The lowest BCUT2D eigenvalue weighted by molar-refractivity contribution is -0.122. The van der Waals surface area contributed by atoms with Gasteiger partial charge in [0.1, 0.15) is 0 Å². The highest BCUT2D eigenvalue weighted by atomic mass is 16.2. The van der Waals surface area contributed by atoms with Crippen molar-refractivity contribution in [2.75, 3.05) is 23.8 Å². The number of carbonyl (C=O) groups excluding carboxylic acids is 3. The molecule has 4 rings (SSSR count). The third-order valence-corrected chi connectivity index (χ3v) is 5.19. The molecule has 3 aromatic carbocycles. The Morgan fingerprint density at radius 1 is 0.966 bits per heavy atom. The van der Waals surface area contributed by atoms with E-state index in [1.165, 1.54) is 0 Å². The first-order valence-electron chi connectivity index (χ1n) is 9.48. The van der Waals surface area contributed by atoms with Gasteiger partial charge in [-0.1, -0.05) is 36.4 Å². The summed E-state index contributed by atoms with van der Waals surface area (Å²) in [5.74, 6) is -0.875. The van der Waals surface area contributed by atoms with Crippen LogP contribution in [-0.4, -0.2) is 31.3 Å². The van der Waals surface area contributed by atoms with Crippen LogP contribution in [0.25, 0.3) is 10.8 Å². The van der Waals surface area contributed by atoms with Crippen molar-refractivity contribution in [1.82, 2.24) is 5.32 Å². The zero-order chi connectivity index (χ0) is 20.4. The van der Waals surface area contributed by atoms with Crippen molar-refractivity contribution in [3.63, 3.8) is 0 Å². The average molecular weight is 387 g/mol. The van der Waals surface area contributed by atoms with Crippen LogP contribution in [-0.2, 0) is 9.59 Å². The maximum absolute atomic E-state index is 12.7. The molecule has 0 radical (unpaired) electrons. The Hall–Kier alpha value is -3.67. The van der Waals surface area contributed by atoms with E-state index in [2.05, 4.69) is 10.6 Å². The second-order valence-electron chi connectivity index (χ2n) is 7.05. The van der Waals surface area contributed by atoms with Crippen LogP contribution in [0.5, 0.6) is 0 Å². The zero-order valence-corrected chi connectivity index (χ0v) is 16.0. The van der Waals surface area contributed by atoms with Gasteiger partial charge in [0.2, 0.25) is 11.8 Å². The third kappa shape index (κ3) is 3.69. The predicted molar refractivity (Wildman–Crippen MR) is 113 cm³/mol. The minimum atomic E-state index is -0.430. The number of benzene rings is 3. The summed E-state index contributed by atoms with van der Waals surface area (Å²) in [6.45, 7) is 0.342. The topological polar surface area (TPSA) is 78.5 Å². The number of anilines is 2. The van der Waals surface area contributed by atoms with Gasteiger partial charge in [0, 0.05) is 36.7 Å². The molecule has 0 aromatic heterocycles. The fraction of sp³-hybridized carbons (Fsp3) is 0.174. The predicted octanol–water partition coefficient (Wildman–Crippen LogP) is 3.19. The quantitative estimate of drug-likeness (QED) is 0.722. The van der Waals surface area contributed by atoms with E-state index >= 15 is 0 Å². The summed E-state index contributed by atoms with van der Waals surface area (Å²) in [4.78, 5) is 38.7. The molecule has 0 spiro atoms. The van der Waals surface area contributed by atoms with Crippen LogP contribution in [0.1, 0.15) is 16.8 Å². The van der Waals surface area contributed by atoms with E-state index in [0.29, 0.717) is 17.8 Å². The molecule has 1 heterocycles. The maximum atomic E-state index is 12.7. The second-order valence-corrected chi connectivity index (χ2v) is 7.05. The molecule has 2 N–H and O–H groups in total. The molecule has 3 aromatic rings. The van der Waals surface area contributed by atoms with Gasteiger partial charge < -0.3 is 15.5 Å². The zero-order valence-electron chi connectivity index (χ0n) is 16.0. The average Bonchev–Trinajstić information content (AvgIpc) is 3.15. The third-order valence-electron chi connectivity index (χ3n) is 5.19. The first-order chi connectivity index (χ1) is 14.1. The standard InChI is InChI=1S/C23H21N3O3/c1-24-22(28)16-9-11-18(12-10-16)25-23(29)17-13-21(27)26(14-17)20-8-4-6-15-5-2-3-7-19(15)20/h2-12,17H,13-14H2,1H3,(H,24,28)(H,25,29)/t17-/m1/s1. The van der Waals surface area contributed by atoms with Crippen LogP contribution >= 0.6 is 0 Å². The number of hydrogen-bond acceptors (Lipinski definition) is 3. The highest BCUT2D eigenvalue weighted by Gasteiger charge is 2.35. The molecule has 1 aliphatic heterocycles. The van der Waals surface area contributed by atoms with Gasteiger partial charge in [-0.15, -0.1) is 0 Å². The highest BCUT2D eigenvalue weighted by molar-refractivity contribution is 6.08. The SMILES string of the molecule is CNC(=O)c1ccc(NC(=O)[C@@H]2CC(=O)N(c3cccc4ccccc34)C2)cc1. The first-order valence-corrected chi connectivity index (χ1v) is 9.48. The minimum Gasteiger partial charge on any atom is -0.355 e. The molecule has 146 valence electrons. The van der Waals surface area contributed by atoms with Gasteiger partial charge in [0.05, 0.1) is 11.6 Å². The molecule has 1 saturated heterocycles.